The molecule has 0 unspecified atom stereocenters. The Labute approximate surface area is 187 Å². The lowest BCUT2D eigenvalue weighted by molar-refractivity contribution is 0.0904. The average molecular weight is 438 g/mol. The number of hydrogen-bond acceptors (Lipinski definition) is 4. The van der Waals surface area contributed by atoms with E-state index in [1.165, 1.54) is 0 Å². The molecule has 2 heterocycles. The average Bonchev–Trinajstić information content (AvgIpc) is 3.28. The van der Waals surface area contributed by atoms with Crippen LogP contribution in [0.1, 0.15) is 24.0 Å². The first kappa shape index (κ1) is 21.3. The Bertz CT molecular complexity index is 1140. The Morgan fingerprint density at radius 1 is 1.29 bits per heavy atom. The number of methoxy groups -OCH3 is 1. The van der Waals surface area contributed by atoms with Crippen molar-refractivity contribution in [2.24, 2.45) is 0 Å². The first-order valence-electron chi connectivity index (χ1n) is 10.5. The van der Waals surface area contributed by atoms with Crippen LogP contribution in [0.5, 0.6) is 5.75 Å². The van der Waals surface area contributed by atoms with Gasteiger partial charge in [-0.3, -0.25) is 4.79 Å². The number of anilines is 1. The summed E-state index contributed by atoms with van der Waals surface area (Å²) in [4.78, 5) is 17.9. The van der Waals surface area contributed by atoms with Crippen molar-refractivity contribution in [3.63, 3.8) is 0 Å². The van der Waals surface area contributed by atoms with Crippen LogP contribution in [0, 0.1) is 6.92 Å². The summed E-state index contributed by atoms with van der Waals surface area (Å²) in [5.41, 5.74) is 3.28. The van der Waals surface area contributed by atoms with Gasteiger partial charge in [-0.2, -0.15) is 0 Å². The van der Waals surface area contributed by atoms with Crippen molar-refractivity contribution >= 4 is 33.9 Å². The first-order chi connectivity index (χ1) is 15.0. The second kappa shape index (κ2) is 9.49. The third-order valence-corrected chi connectivity index (χ3v) is 5.97. The molecular weight excluding hydrogens is 410 g/mol. The van der Waals surface area contributed by atoms with E-state index in [9.17, 15) is 4.79 Å². The molecule has 1 aliphatic rings. The molecule has 162 valence electrons. The van der Waals surface area contributed by atoms with Crippen molar-refractivity contribution < 1.29 is 9.47 Å². The molecule has 0 saturated carbocycles. The largest absolute Gasteiger partial charge is 0.495 e. The second-order valence-corrected chi connectivity index (χ2v) is 8.20. The maximum Gasteiger partial charge on any atom is 0.253 e. The summed E-state index contributed by atoms with van der Waals surface area (Å²) in [6.45, 7) is 3.77. The summed E-state index contributed by atoms with van der Waals surface area (Å²) < 4.78 is 11.3. The molecule has 2 aromatic carbocycles. The number of H-pyrrole nitrogens is 1. The fourth-order valence-corrected chi connectivity index (χ4v) is 4.20. The highest BCUT2D eigenvalue weighted by Crippen LogP contribution is 2.24. The van der Waals surface area contributed by atoms with Gasteiger partial charge < -0.3 is 24.7 Å². The molecule has 1 atom stereocenters. The van der Waals surface area contributed by atoms with Crippen LogP contribution in [0.4, 0.5) is 5.69 Å². The summed E-state index contributed by atoms with van der Waals surface area (Å²) in [5.74, 6) is 0.709. The monoisotopic (exact) mass is 437 g/mol. The van der Waals surface area contributed by atoms with Gasteiger partial charge in [0.2, 0.25) is 0 Å². The minimum Gasteiger partial charge on any atom is -0.495 e. The van der Waals surface area contributed by atoms with Crippen molar-refractivity contribution in [2.45, 2.75) is 32.4 Å². The van der Waals surface area contributed by atoms with E-state index in [2.05, 4.69) is 10.3 Å². The van der Waals surface area contributed by atoms with Gasteiger partial charge in [0.25, 0.3) is 5.56 Å². The Balaban J connectivity index is 1.62. The molecule has 1 aromatic heterocycles. The van der Waals surface area contributed by atoms with Crippen LogP contribution in [0.3, 0.4) is 0 Å². The molecule has 0 radical (unpaired) electrons. The quantitative estimate of drug-likeness (QED) is 0.563. The number of aromatic nitrogens is 1. The molecule has 3 aromatic rings. The van der Waals surface area contributed by atoms with E-state index in [4.69, 9.17) is 21.7 Å². The maximum absolute atomic E-state index is 12.8. The molecule has 4 rings (SSSR count). The summed E-state index contributed by atoms with van der Waals surface area (Å²) in [5, 5.41) is 4.83. The van der Waals surface area contributed by atoms with Gasteiger partial charge in [0, 0.05) is 18.7 Å². The predicted molar refractivity (Wildman–Crippen MR) is 128 cm³/mol. The third kappa shape index (κ3) is 4.89. The van der Waals surface area contributed by atoms with Crippen LogP contribution in [0.25, 0.3) is 10.9 Å². The number of para-hydroxylation sites is 3. The van der Waals surface area contributed by atoms with Crippen LogP contribution in [-0.2, 0) is 11.3 Å². The molecule has 0 aliphatic carbocycles. The lowest BCUT2D eigenvalue weighted by Crippen LogP contribution is -2.40. The molecule has 1 saturated heterocycles. The van der Waals surface area contributed by atoms with Gasteiger partial charge in [0.1, 0.15) is 5.75 Å². The van der Waals surface area contributed by atoms with Gasteiger partial charge in [0.05, 0.1) is 31.0 Å². The smallest absolute Gasteiger partial charge is 0.253 e. The van der Waals surface area contributed by atoms with Gasteiger partial charge in [-0.1, -0.05) is 30.3 Å². The number of rotatable bonds is 6. The fraction of sp³-hybridized carbons (Fsp3) is 0.333. The molecule has 1 aliphatic heterocycles. The molecule has 1 fully saturated rings. The SMILES string of the molecule is COc1ccccc1NC(=S)N(Cc1cc2cccc(C)c2[nH]c1=O)C[C@@H]1CCCO1. The van der Waals surface area contributed by atoms with Crippen LogP contribution < -0.4 is 15.6 Å². The van der Waals surface area contributed by atoms with Gasteiger partial charge in [-0.05, 0) is 61.1 Å². The van der Waals surface area contributed by atoms with Crippen molar-refractivity contribution in [1.82, 2.24) is 9.88 Å². The first-order valence-corrected chi connectivity index (χ1v) is 10.9. The number of thiocarbonyl (C=S) groups is 1. The zero-order chi connectivity index (χ0) is 21.8. The molecular formula is C24H27N3O3S. The number of aromatic amines is 1. The van der Waals surface area contributed by atoms with Crippen LogP contribution in [0.15, 0.2) is 53.3 Å². The number of nitrogens with one attached hydrogen (secondary N) is 2. The van der Waals surface area contributed by atoms with Crippen LogP contribution in [-0.4, -0.2) is 41.4 Å². The second-order valence-electron chi connectivity index (χ2n) is 7.81. The van der Waals surface area contributed by atoms with Crippen molar-refractivity contribution in [1.29, 1.82) is 0 Å². The number of hydrogen-bond donors (Lipinski definition) is 2. The maximum atomic E-state index is 12.8. The van der Waals surface area contributed by atoms with Gasteiger partial charge in [-0.15, -0.1) is 0 Å². The normalized spacial score (nSPS) is 15.7. The van der Waals surface area contributed by atoms with Gasteiger partial charge >= 0.3 is 0 Å². The highest BCUT2D eigenvalue weighted by Gasteiger charge is 2.22. The standard InChI is InChI=1S/C24H27N3O3S/c1-16-7-5-8-17-13-18(23(28)26-22(16)17)14-27(15-19-9-6-12-30-19)24(31)25-20-10-3-4-11-21(20)29-2/h3-5,7-8,10-11,13,19H,6,9,12,14-15H2,1-2H3,(H,25,31)(H,26,28)/t19-/m0/s1. The molecule has 0 bridgehead atoms. The molecule has 0 spiro atoms. The number of benzene rings is 2. The van der Waals surface area contributed by atoms with Crippen molar-refractivity contribution in [3.8, 4) is 5.75 Å². The third-order valence-electron chi connectivity index (χ3n) is 5.61. The zero-order valence-corrected chi connectivity index (χ0v) is 18.6. The lowest BCUT2D eigenvalue weighted by atomic mass is 10.1. The van der Waals surface area contributed by atoms with Crippen LogP contribution >= 0.6 is 12.2 Å². The Morgan fingerprint density at radius 3 is 2.90 bits per heavy atom. The number of pyridine rings is 1. The van der Waals surface area contributed by atoms with E-state index < -0.39 is 0 Å². The summed E-state index contributed by atoms with van der Waals surface area (Å²) in [7, 11) is 1.63. The number of ether oxygens (including phenoxy) is 2. The molecule has 2 N–H and O–H groups in total. The minimum absolute atomic E-state index is 0.0965. The van der Waals surface area contributed by atoms with E-state index in [0.717, 1.165) is 41.6 Å². The Hall–Kier alpha value is -2.90. The minimum atomic E-state index is -0.0979. The van der Waals surface area contributed by atoms with E-state index in [-0.39, 0.29) is 11.7 Å². The topological polar surface area (TPSA) is 66.6 Å². The molecule has 6 nitrogen and oxygen atoms in total. The van der Waals surface area contributed by atoms with Crippen LogP contribution in [0.2, 0.25) is 0 Å². The van der Waals surface area contributed by atoms with Crippen molar-refractivity contribution in [2.75, 3.05) is 25.6 Å². The van der Waals surface area contributed by atoms with E-state index in [1.54, 1.807) is 7.11 Å². The van der Waals surface area contributed by atoms with Gasteiger partial charge in [-0.25, -0.2) is 0 Å². The number of aryl methyl sites for hydroxylation is 1. The molecule has 0 amide bonds. The number of nitrogens with zero attached hydrogens (tertiary/aromatic N) is 1. The fourth-order valence-electron chi connectivity index (χ4n) is 3.95. The van der Waals surface area contributed by atoms with E-state index in [1.807, 2.05) is 60.4 Å². The number of fused-ring (bicyclic) bond motifs is 1. The van der Waals surface area contributed by atoms with Crippen molar-refractivity contribution in [3.05, 3.63) is 70.0 Å². The Kier molecular flexibility index (Phi) is 6.53. The lowest BCUT2D eigenvalue weighted by Gasteiger charge is -2.28. The summed E-state index contributed by atoms with van der Waals surface area (Å²) >= 11 is 5.75. The molecule has 7 heteroatoms. The van der Waals surface area contributed by atoms with E-state index in [0.29, 0.717) is 29.5 Å². The van der Waals surface area contributed by atoms with Gasteiger partial charge in [0.15, 0.2) is 5.11 Å². The Morgan fingerprint density at radius 2 is 2.13 bits per heavy atom. The predicted octanol–water partition coefficient (Wildman–Crippen LogP) is 4.22. The highest BCUT2D eigenvalue weighted by molar-refractivity contribution is 7.80. The summed E-state index contributed by atoms with van der Waals surface area (Å²) in [6.07, 6.45) is 2.13. The van der Waals surface area contributed by atoms with E-state index >= 15 is 0 Å². The molecule has 31 heavy (non-hydrogen) atoms. The zero-order valence-electron chi connectivity index (χ0n) is 17.8. The summed E-state index contributed by atoms with van der Waals surface area (Å²) in [6, 6.07) is 15.6. The highest BCUT2D eigenvalue weighted by atomic mass is 32.1.